The predicted octanol–water partition coefficient (Wildman–Crippen LogP) is 6.05. The maximum absolute atomic E-state index is 12.3. The summed E-state index contributed by atoms with van der Waals surface area (Å²) in [5, 5.41) is 4.14. The average Bonchev–Trinajstić information content (AvgIpc) is 2.93. The molecule has 1 N–H and O–H groups in total. The molecule has 1 fully saturated rings. The third-order valence-corrected chi connectivity index (χ3v) is 7.62. The predicted molar refractivity (Wildman–Crippen MR) is 153 cm³/mol. The van der Waals surface area contributed by atoms with Crippen molar-refractivity contribution in [3.8, 4) is 0 Å². The second-order valence-electron chi connectivity index (χ2n) is 9.38. The first-order valence-electron chi connectivity index (χ1n) is 13.2. The van der Waals surface area contributed by atoms with E-state index >= 15 is 0 Å². The summed E-state index contributed by atoms with van der Waals surface area (Å²) in [6.45, 7) is 7.67. The van der Waals surface area contributed by atoms with Crippen LogP contribution in [0.3, 0.4) is 0 Å². The number of halogens is 1. The molecular formula is C29H36ClN5OS. The Hall–Kier alpha value is -2.61. The van der Waals surface area contributed by atoms with E-state index in [9.17, 15) is 4.79 Å². The van der Waals surface area contributed by atoms with Crippen molar-refractivity contribution in [3.63, 3.8) is 0 Å². The summed E-state index contributed by atoms with van der Waals surface area (Å²) in [6.07, 6.45) is 4.59. The molecule has 0 bridgehead atoms. The molecule has 2 aromatic carbocycles. The Kier molecular flexibility index (Phi) is 10.6. The van der Waals surface area contributed by atoms with Crippen LogP contribution in [0.4, 0.5) is 5.82 Å². The SMILES string of the molecule is CCCCCCNC(=O)c1ccc(CSc2nc(Cl)cc(N3CCN(Cc4ccccc4)CC3)n2)cc1. The smallest absolute Gasteiger partial charge is 0.251 e. The highest BCUT2D eigenvalue weighted by atomic mass is 35.5. The number of aromatic nitrogens is 2. The molecule has 4 rings (SSSR count). The number of nitrogens with one attached hydrogen (secondary N) is 1. The Morgan fingerprint density at radius 3 is 2.43 bits per heavy atom. The molecule has 3 aromatic rings. The Bertz CT molecular complexity index is 1120. The molecule has 1 amide bonds. The zero-order valence-electron chi connectivity index (χ0n) is 21.5. The van der Waals surface area contributed by atoms with Gasteiger partial charge in [0.1, 0.15) is 11.0 Å². The topological polar surface area (TPSA) is 61.4 Å². The molecule has 37 heavy (non-hydrogen) atoms. The Balaban J connectivity index is 1.26. The standard InChI is InChI=1S/C29H36ClN5OS/c1-2-3-4-8-15-31-28(36)25-13-11-24(12-14-25)22-37-29-32-26(30)20-27(33-29)35-18-16-34(17-19-35)21-23-9-6-5-7-10-23/h5-7,9-14,20H,2-4,8,15-19,21-22H2,1H3,(H,31,36). The molecule has 1 aliphatic heterocycles. The number of anilines is 1. The van der Waals surface area contributed by atoms with E-state index in [4.69, 9.17) is 16.6 Å². The molecule has 0 aliphatic carbocycles. The lowest BCUT2D eigenvalue weighted by atomic mass is 10.1. The first-order chi connectivity index (χ1) is 18.1. The number of hydrogen-bond donors (Lipinski definition) is 1. The lowest BCUT2D eigenvalue weighted by Gasteiger charge is -2.35. The van der Waals surface area contributed by atoms with Gasteiger partial charge in [-0.2, -0.15) is 0 Å². The minimum absolute atomic E-state index is 0.0117. The van der Waals surface area contributed by atoms with E-state index in [2.05, 4.69) is 57.4 Å². The van der Waals surface area contributed by atoms with Crippen molar-refractivity contribution in [1.29, 1.82) is 0 Å². The summed E-state index contributed by atoms with van der Waals surface area (Å²) >= 11 is 7.93. The van der Waals surface area contributed by atoms with E-state index in [0.29, 0.717) is 21.6 Å². The van der Waals surface area contributed by atoms with E-state index < -0.39 is 0 Å². The second kappa shape index (κ2) is 14.4. The highest BCUT2D eigenvalue weighted by Crippen LogP contribution is 2.25. The van der Waals surface area contributed by atoms with Gasteiger partial charge in [0.05, 0.1) is 0 Å². The van der Waals surface area contributed by atoms with Gasteiger partial charge in [0.15, 0.2) is 5.16 Å². The van der Waals surface area contributed by atoms with E-state index in [1.54, 1.807) is 11.8 Å². The number of unbranched alkanes of at least 4 members (excludes halogenated alkanes) is 3. The van der Waals surface area contributed by atoms with Crippen LogP contribution in [-0.4, -0.2) is 53.5 Å². The monoisotopic (exact) mass is 537 g/mol. The lowest BCUT2D eigenvalue weighted by molar-refractivity contribution is 0.0953. The summed E-state index contributed by atoms with van der Waals surface area (Å²) < 4.78 is 0. The largest absolute Gasteiger partial charge is 0.354 e. The van der Waals surface area contributed by atoms with Crippen LogP contribution in [-0.2, 0) is 12.3 Å². The first kappa shape index (κ1) is 27.4. The molecule has 0 radical (unpaired) electrons. The van der Waals surface area contributed by atoms with Crippen LogP contribution in [0.1, 0.15) is 54.1 Å². The van der Waals surface area contributed by atoms with Crippen LogP contribution in [0.25, 0.3) is 0 Å². The molecule has 1 aromatic heterocycles. The van der Waals surface area contributed by atoms with Gasteiger partial charge in [0, 0.05) is 56.7 Å². The number of carbonyl (C=O) groups excluding carboxylic acids is 1. The van der Waals surface area contributed by atoms with E-state index in [0.717, 1.165) is 63.5 Å². The van der Waals surface area contributed by atoms with Crippen LogP contribution in [0, 0.1) is 0 Å². The summed E-state index contributed by atoms with van der Waals surface area (Å²) in [6, 6.07) is 20.2. The summed E-state index contributed by atoms with van der Waals surface area (Å²) in [5.41, 5.74) is 3.15. The second-order valence-corrected chi connectivity index (χ2v) is 10.7. The fraction of sp³-hybridized carbons (Fsp3) is 0.414. The molecule has 6 nitrogen and oxygen atoms in total. The summed E-state index contributed by atoms with van der Waals surface area (Å²) in [7, 11) is 0. The van der Waals surface area contributed by atoms with Gasteiger partial charge < -0.3 is 10.2 Å². The van der Waals surface area contributed by atoms with Gasteiger partial charge in [0.2, 0.25) is 0 Å². The van der Waals surface area contributed by atoms with E-state index in [1.165, 1.54) is 18.4 Å². The van der Waals surface area contributed by atoms with Crippen molar-refractivity contribution in [2.24, 2.45) is 0 Å². The highest BCUT2D eigenvalue weighted by molar-refractivity contribution is 7.98. The van der Waals surface area contributed by atoms with Gasteiger partial charge in [-0.05, 0) is 29.7 Å². The molecule has 196 valence electrons. The number of benzene rings is 2. The number of nitrogens with zero attached hydrogens (tertiary/aromatic N) is 4. The van der Waals surface area contributed by atoms with Crippen molar-refractivity contribution in [2.75, 3.05) is 37.6 Å². The fourth-order valence-corrected chi connectivity index (χ4v) is 5.38. The molecular weight excluding hydrogens is 502 g/mol. The molecule has 0 saturated carbocycles. The highest BCUT2D eigenvalue weighted by Gasteiger charge is 2.19. The molecule has 0 atom stereocenters. The Morgan fingerprint density at radius 2 is 1.70 bits per heavy atom. The number of carbonyl (C=O) groups is 1. The van der Waals surface area contributed by atoms with Crippen molar-refractivity contribution < 1.29 is 4.79 Å². The molecule has 0 spiro atoms. The Morgan fingerprint density at radius 1 is 0.946 bits per heavy atom. The average molecular weight is 538 g/mol. The van der Waals surface area contributed by atoms with Gasteiger partial charge in [-0.25, -0.2) is 9.97 Å². The van der Waals surface area contributed by atoms with Gasteiger partial charge >= 0.3 is 0 Å². The molecule has 0 unspecified atom stereocenters. The van der Waals surface area contributed by atoms with Crippen LogP contribution in [0.2, 0.25) is 5.15 Å². The zero-order chi connectivity index (χ0) is 25.9. The number of rotatable bonds is 12. The van der Waals surface area contributed by atoms with Crippen molar-refractivity contribution >= 4 is 35.1 Å². The summed E-state index contributed by atoms with van der Waals surface area (Å²) in [4.78, 5) is 26.3. The minimum atomic E-state index is -0.0117. The van der Waals surface area contributed by atoms with E-state index in [1.807, 2.05) is 30.3 Å². The zero-order valence-corrected chi connectivity index (χ0v) is 23.1. The van der Waals surface area contributed by atoms with Crippen LogP contribution in [0.15, 0.2) is 65.8 Å². The molecule has 2 heterocycles. The van der Waals surface area contributed by atoms with Gasteiger partial charge in [-0.1, -0.05) is 92.0 Å². The van der Waals surface area contributed by atoms with Crippen molar-refractivity contribution in [1.82, 2.24) is 20.2 Å². The summed E-state index contributed by atoms with van der Waals surface area (Å²) in [5.74, 6) is 1.58. The molecule has 1 saturated heterocycles. The molecule has 8 heteroatoms. The number of amides is 1. The Labute approximate surface area is 229 Å². The van der Waals surface area contributed by atoms with Gasteiger partial charge in [-0.3, -0.25) is 9.69 Å². The van der Waals surface area contributed by atoms with Gasteiger partial charge in [0.25, 0.3) is 5.91 Å². The quantitative estimate of drug-likeness (QED) is 0.131. The minimum Gasteiger partial charge on any atom is -0.354 e. The third-order valence-electron chi connectivity index (χ3n) is 6.51. The maximum Gasteiger partial charge on any atom is 0.251 e. The van der Waals surface area contributed by atoms with Gasteiger partial charge in [-0.15, -0.1) is 0 Å². The molecule has 1 aliphatic rings. The number of thioether (sulfide) groups is 1. The third kappa shape index (κ3) is 8.73. The number of hydrogen-bond acceptors (Lipinski definition) is 6. The normalized spacial score (nSPS) is 14.1. The van der Waals surface area contributed by atoms with Crippen molar-refractivity contribution in [3.05, 3.63) is 82.5 Å². The first-order valence-corrected chi connectivity index (χ1v) is 14.5. The maximum atomic E-state index is 12.3. The van der Waals surface area contributed by atoms with Crippen LogP contribution in [0.5, 0.6) is 0 Å². The van der Waals surface area contributed by atoms with Crippen molar-refractivity contribution in [2.45, 2.75) is 50.1 Å². The van der Waals surface area contributed by atoms with Crippen LogP contribution < -0.4 is 10.2 Å². The lowest BCUT2D eigenvalue weighted by Crippen LogP contribution is -2.46. The van der Waals surface area contributed by atoms with Crippen LogP contribution >= 0.6 is 23.4 Å². The fourth-order valence-electron chi connectivity index (χ4n) is 4.34. The number of piperazine rings is 1. The van der Waals surface area contributed by atoms with E-state index in [-0.39, 0.29) is 5.91 Å².